The number of hydrogen-bond acceptors (Lipinski definition) is 2. The lowest BCUT2D eigenvalue weighted by molar-refractivity contribution is 0.102. The lowest BCUT2D eigenvalue weighted by Crippen LogP contribution is -2.14. The standard InChI is InChI=1S/C18H21ClN2O/c1-13-6-3-7-14(2)17(13)21-18(22)16-10-4-8-15(12-16)9-5-11-20-19/h3-4,6-8,10,12,20H,5,9,11H2,1-2H3,(H,21,22). The Morgan fingerprint density at radius 1 is 1.09 bits per heavy atom. The summed E-state index contributed by atoms with van der Waals surface area (Å²) in [6.07, 6.45) is 1.83. The molecule has 0 aromatic heterocycles. The van der Waals surface area contributed by atoms with E-state index in [1.54, 1.807) is 0 Å². The van der Waals surface area contributed by atoms with Gasteiger partial charge in [-0.05, 0) is 67.3 Å². The summed E-state index contributed by atoms with van der Waals surface area (Å²) < 4.78 is 0. The number of para-hydroxylation sites is 1. The number of anilines is 1. The molecule has 0 unspecified atom stereocenters. The van der Waals surface area contributed by atoms with Crippen LogP contribution in [0.4, 0.5) is 5.69 Å². The monoisotopic (exact) mass is 316 g/mol. The van der Waals surface area contributed by atoms with E-state index in [1.165, 1.54) is 0 Å². The van der Waals surface area contributed by atoms with E-state index >= 15 is 0 Å². The largest absolute Gasteiger partial charge is 0.322 e. The first kappa shape index (κ1) is 16.5. The number of halogens is 1. The minimum absolute atomic E-state index is 0.0743. The quantitative estimate of drug-likeness (QED) is 0.618. The molecule has 0 spiro atoms. The normalized spacial score (nSPS) is 10.5. The number of benzene rings is 2. The van der Waals surface area contributed by atoms with Gasteiger partial charge in [-0.3, -0.25) is 4.79 Å². The van der Waals surface area contributed by atoms with Gasteiger partial charge in [-0.1, -0.05) is 30.3 Å². The van der Waals surface area contributed by atoms with Crippen molar-refractivity contribution in [1.82, 2.24) is 4.84 Å². The van der Waals surface area contributed by atoms with Crippen LogP contribution in [-0.2, 0) is 6.42 Å². The first-order valence-corrected chi connectivity index (χ1v) is 7.79. The van der Waals surface area contributed by atoms with Crippen molar-refractivity contribution < 1.29 is 4.79 Å². The lowest BCUT2D eigenvalue weighted by atomic mass is 10.0. The van der Waals surface area contributed by atoms with Crippen LogP contribution >= 0.6 is 11.8 Å². The van der Waals surface area contributed by atoms with Crippen LogP contribution in [0.1, 0.15) is 33.5 Å². The molecular weight excluding hydrogens is 296 g/mol. The fraction of sp³-hybridized carbons (Fsp3) is 0.278. The third-order valence-electron chi connectivity index (χ3n) is 3.65. The van der Waals surface area contributed by atoms with Crippen molar-refractivity contribution in [2.24, 2.45) is 0 Å². The zero-order valence-corrected chi connectivity index (χ0v) is 13.7. The van der Waals surface area contributed by atoms with Gasteiger partial charge in [0.05, 0.1) is 0 Å². The van der Waals surface area contributed by atoms with Crippen molar-refractivity contribution in [3.05, 3.63) is 64.7 Å². The van der Waals surface area contributed by atoms with Gasteiger partial charge in [0, 0.05) is 17.8 Å². The second-order valence-electron chi connectivity index (χ2n) is 5.41. The topological polar surface area (TPSA) is 41.1 Å². The number of nitrogens with one attached hydrogen (secondary N) is 2. The van der Waals surface area contributed by atoms with E-state index < -0.39 is 0 Å². The van der Waals surface area contributed by atoms with Gasteiger partial charge in [0.2, 0.25) is 0 Å². The van der Waals surface area contributed by atoms with E-state index in [1.807, 2.05) is 56.3 Å². The fourth-order valence-corrected chi connectivity index (χ4v) is 2.56. The van der Waals surface area contributed by atoms with Crippen molar-refractivity contribution in [3.8, 4) is 0 Å². The molecule has 2 aromatic rings. The Bertz CT molecular complexity index is 635. The van der Waals surface area contributed by atoms with E-state index in [0.717, 1.165) is 41.8 Å². The van der Waals surface area contributed by atoms with Crippen LogP contribution in [-0.4, -0.2) is 12.5 Å². The Morgan fingerprint density at radius 2 is 1.77 bits per heavy atom. The van der Waals surface area contributed by atoms with Crippen LogP contribution in [0.3, 0.4) is 0 Å². The molecule has 2 N–H and O–H groups in total. The predicted molar refractivity (Wildman–Crippen MR) is 92.5 cm³/mol. The van der Waals surface area contributed by atoms with E-state index in [9.17, 15) is 4.79 Å². The van der Waals surface area contributed by atoms with Crippen LogP contribution < -0.4 is 10.2 Å². The Hall–Kier alpha value is -1.84. The second-order valence-corrected chi connectivity index (χ2v) is 5.68. The van der Waals surface area contributed by atoms with Crippen molar-refractivity contribution in [2.75, 3.05) is 11.9 Å². The first-order chi connectivity index (χ1) is 10.6. The van der Waals surface area contributed by atoms with Gasteiger partial charge in [0.15, 0.2) is 0 Å². The summed E-state index contributed by atoms with van der Waals surface area (Å²) in [5.41, 5.74) is 4.85. The Morgan fingerprint density at radius 3 is 2.45 bits per heavy atom. The minimum atomic E-state index is -0.0743. The van der Waals surface area contributed by atoms with E-state index in [0.29, 0.717) is 5.56 Å². The van der Waals surface area contributed by atoms with Gasteiger partial charge < -0.3 is 5.32 Å². The third-order valence-corrected chi connectivity index (χ3v) is 3.83. The summed E-state index contributed by atoms with van der Waals surface area (Å²) in [6, 6.07) is 13.7. The van der Waals surface area contributed by atoms with Crippen LogP contribution in [0.15, 0.2) is 42.5 Å². The number of carbonyl (C=O) groups is 1. The molecule has 0 bridgehead atoms. The molecule has 0 saturated carbocycles. The average Bonchev–Trinajstić information content (AvgIpc) is 2.51. The molecular formula is C18H21ClN2O. The number of aryl methyl sites for hydroxylation is 3. The maximum Gasteiger partial charge on any atom is 0.255 e. The zero-order valence-electron chi connectivity index (χ0n) is 12.9. The Balaban J connectivity index is 2.11. The molecule has 116 valence electrons. The molecule has 0 radical (unpaired) electrons. The van der Waals surface area contributed by atoms with Gasteiger partial charge in [0.1, 0.15) is 0 Å². The van der Waals surface area contributed by atoms with Gasteiger partial charge in [-0.15, -0.1) is 0 Å². The maximum atomic E-state index is 12.5. The summed E-state index contributed by atoms with van der Waals surface area (Å²) >= 11 is 5.46. The molecule has 4 heteroatoms. The van der Waals surface area contributed by atoms with Crippen molar-refractivity contribution in [1.29, 1.82) is 0 Å². The first-order valence-electron chi connectivity index (χ1n) is 7.42. The van der Waals surface area contributed by atoms with E-state index in [2.05, 4.69) is 10.2 Å². The Kier molecular flexibility index (Phi) is 5.99. The summed E-state index contributed by atoms with van der Waals surface area (Å²) in [5.74, 6) is -0.0743. The number of hydrogen-bond donors (Lipinski definition) is 2. The SMILES string of the molecule is Cc1cccc(C)c1NC(=O)c1cccc(CCCNCl)c1. The molecule has 0 atom stereocenters. The highest BCUT2D eigenvalue weighted by atomic mass is 35.5. The van der Waals surface area contributed by atoms with Gasteiger partial charge in [-0.25, -0.2) is 4.84 Å². The highest BCUT2D eigenvalue weighted by molar-refractivity contribution is 6.13. The van der Waals surface area contributed by atoms with Crippen LogP contribution in [0, 0.1) is 13.8 Å². The molecule has 22 heavy (non-hydrogen) atoms. The van der Waals surface area contributed by atoms with Crippen LogP contribution in [0.25, 0.3) is 0 Å². The zero-order chi connectivity index (χ0) is 15.9. The van der Waals surface area contributed by atoms with Crippen LogP contribution in [0.5, 0.6) is 0 Å². The highest BCUT2D eigenvalue weighted by Crippen LogP contribution is 2.20. The summed E-state index contributed by atoms with van der Waals surface area (Å²) in [4.78, 5) is 15.1. The van der Waals surface area contributed by atoms with E-state index in [-0.39, 0.29) is 5.91 Å². The fourth-order valence-electron chi connectivity index (χ4n) is 2.42. The summed E-state index contributed by atoms with van der Waals surface area (Å²) in [6.45, 7) is 4.75. The van der Waals surface area contributed by atoms with Crippen molar-refractivity contribution >= 4 is 23.4 Å². The Labute approximate surface area is 136 Å². The molecule has 0 saturated heterocycles. The molecule has 0 aliphatic carbocycles. The molecule has 0 heterocycles. The maximum absolute atomic E-state index is 12.5. The number of amides is 1. The molecule has 0 fully saturated rings. The summed E-state index contributed by atoms with van der Waals surface area (Å²) in [7, 11) is 0. The van der Waals surface area contributed by atoms with Gasteiger partial charge >= 0.3 is 0 Å². The van der Waals surface area contributed by atoms with Gasteiger partial charge in [-0.2, -0.15) is 0 Å². The molecule has 1 amide bonds. The van der Waals surface area contributed by atoms with Crippen molar-refractivity contribution in [2.45, 2.75) is 26.7 Å². The lowest BCUT2D eigenvalue weighted by Gasteiger charge is -2.12. The molecule has 2 rings (SSSR count). The third kappa shape index (κ3) is 4.33. The average molecular weight is 317 g/mol. The molecule has 0 aliphatic heterocycles. The van der Waals surface area contributed by atoms with Gasteiger partial charge in [0.25, 0.3) is 5.91 Å². The van der Waals surface area contributed by atoms with Crippen molar-refractivity contribution in [3.63, 3.8) is 0 Å². The predicted octanol–water partition coefficient (Wildman–Crippen LogP) is 4.23. The molecule has 2 aromatic carbocycles. The number of carbonyl (C=O) groups excluding carboxylic acids is 1. The highest BCUT2D eigenvalue weighted by Gasteiger charge is 2.10. The number of rotatable bonds is 6. The van der Waals surface area contributed by atoms with Crippen LogP contribution in [0.2, 0.25) is 0 Å². The molecule has 3 nitrogen and oxygen atoms in total. The minimum Gasteiger partial charge on any atom is -0.322 e. The second kappa shape index (κ2) is 7.97. The summed E-state index contributed by atoms with van der Waals surface area (Å²) in [5, 5.41) is 3.02. The van der Waals surface area contributed by atoms with E-state index in [4.69, 9.17) is 11.8 Å². The smallest absolute Gasteiger partial charge is 0.255 e. The molecule has 0 aliphatic rings.